The molecule has 126 valence electrons. The minimum absolute atomic E-state index is 0.0155. The summed E-state index contributed by atoms with van der Waals surface area (Å²) >= 11 is 9.28. The van der Waals surface area contributed by atoms with Crippen molar-refractivity contribution in [3.05, 3.63) is 69.8 Å². The second-order valence-electron chi connectivity index (χ2n) is 5.02. The molecule has 0 unspecified atom stereocenters. The van der Waals surface area contributed by atoms with Crippen LogP contribution in [0.5, 0.6) is 0 Å². The lowest BCUT2D eigenvalue weighted by Gasteiger charge is -2.12. The molecule has 0 aliphatic carbocycles. The molecule has 5 nitrogen and oxygen atoms in total. The standard InChI is InChI=1S/C17H10BrClFN3O2/c18-12-8-22-15(10-5-9(19)1-2-13(10)20)6-16(12)23-14-3-4-21-7-11(14)17(24)25/h1-8H,(H,24,25)(H,21,22,23). The Morgan fingerprint density at radius 2 is 2.00 bits per heavy atom. The van der Waals surface area contributed by atoms with Gasteiger partial charge in [-0.05, 0) is 46.3 Å². The summed E-state index contributed by atoms with van der Waals surface area (Å²) in [6.07, 6.45) is 4.22. The number of hydrogen-bond acceptors (Lipinski definition) is 4. The predicted molar refractivity (Wildman–Crippen MR) is 96.8 cm³/mol. The molecule has 1 aromatic carbocycles. The molecule has 0 fully saturated rings. The van der Waals surface area contributed by atoms with Crippen LogP contribution in [0, 0.1) is 5.82 Å². The predicted octanol–water partition coefficient (Wildman–Crippen LogP) is 5.14. The minimum atomic E-state index is -1.11. The van der Waals surface area contributed by atoms with Gasteiger partial charge in [-0.1, -0.05) is 11.6 Å². The van der Waals surface area contributed by atoms with Crippen LogP contribution in [0.15, 0.2) is 53.4 Å². The smallest absolute Gasteiger partial charge is 0.339 e. The van der Waals surface area contributed by atoms with E-state index in [1.807, 2.05) is 0 Å². The third kappa shape index (κ3) is 3.78. The summed E-state index contributed by atoms with van der Waals surface area (Å²) in [6, 6.07) is 7.33. The molecule has 25 heavy (non-hydrogen) atoms. The maximum Gasteiger partial charge on any atom is 0.339 e. The first-order valence-electron chi connectivity index (χ1n) is 7.01. The molecule has 0 atom stereocenters. The van der Waals surface area contributed by atoms with E-state index in [9.17, 15) is 14.3 Å². The van der Waals surface area contributed by atoms with E-state index in [0.717, 1.165) is 0 Å². The molecule has 0 bridgehead atoms. The summed E-state index contributed by atoms with van der Waals surface area (Å²) < 4.78 is 14.7. The summed E-state index contributed by atoms with van der Waals surface area (Å²) in [4.78, 5) is 19.3. The quantitative estimate of drug-likeness (QED) is 0.609. The first-order chi connectivity index (χ1) is 12.0. The minimum Gasteiger partial charge on any atom is -0.478 e. The lowest BCUT2D eigenvalue weighted by Crippen LogP contribution is -2.04. The highest BCUT2D eigenvalue weighted by Crippen LogP contribution is 2.32. The van der Waals surface area contributed by atoms with Crippen molar-refractivity contribution in [3.8, 4) is 11.3 Å². The van der Waals surface area contributed by atoms with Crippen molar-refractivity contribution in [1.29, 1.82) is 0 Å². The van der Waals surface area contributed by atoms with E-state index in [2.05, 4.69) is 31.2 Å². The zero-order chi connectivity index (χ0) is 18.0. The molecule has 3 aromatic rings. The number of carboxylic acid groups (broad SMARTS) is 1. The molecule has 3 rings (SSSR count). The van der Waals surface area contributed by atoms with E-state index < -0.39 is 11.8 Å². The Kier molecular flexibility index (Phi) is 4.96. The molecule has 0 aliphatic heterocycles. The molecule has 2 heterocycles. The van der Waals surface area contributed by atoms with Crippen LogP contribution in [0.25, 0.3) is 11.3 Å². The molecule has 0 amide bonds. The number of nitrogens with one attached hydrogen (secondary N) is 1. The molecule has 0 saturated heterocycles. The van der Waals surface area contributed by atoms with Crippen molar-refractivity contribution in [3.63, 3.8) is 0 Å². The average molecular weight is 423 g/mol. The van der Waals surface area contributed by atoms with Crippen molar-refractivity contribution < 1.29 is 14.3 Å². The van der Waals surface area contributed by atoms with Gasteiger partial charge >= 0.3 is 5.97 Å². The number of rotatable bonds is 4. The summed E-state index contributed by atoms with van der Waals surface area (Å²) in [5.74, 6) is -1.57. The van der Waals surface area contributed by atoms with Gasteiger partial charge in [0.15, 0.2) is 0 Å². The van der Waals surface area contributed by atoms with Crippen LogP contribution in [-0.2, 0) is 0 Å². The van der Waals surface area contributed by atoms with Gasteiger partial charge in [-0.2, -0.15) is 0 Å². The second-order valence-corrected chi connectivity index (χ2v) is 6.32. The number of pyridine rings is 2. The van der Waals surface area contributed by atoms with Crippen LogP contribution in [0.4, 0.5) is 15.8 Å². The molecule has 0 radical (unpaired) electrons. The van der Waals surface area contributed by atoms with Crippen LogP contribution in [0.3, 0.4) is 0 Å². The maximum atomic E-state index is 14.1. The van der Waals surface area contributed by atoms with Gasteiger partial charge in [0.1, 0.15) is 11.4 Å². The Bertz CT molecular complexity index is 968. The van der Waals surface area contributed by atoms with Crippen molar-refractivity contribution >= 4 is 44.9 Å². The van der Waals surface area contributed by atoms with E-state index in [4.69, 9.17) is 11.6 Å². The number of nitrogens with zero attached hydrogens (tertiary/aromatic N) is 2. The fraction of sp³-hybridized carbons (Fsp3) is 0. The zero-order valence-corrected chi connectivity index (χ0v) is 14.8. The Balaban J connectivity index is 2.04. The topological polar surface area (TPSA) is 75.1 Å². The van der Waals surface area contributed by atoms with Gasteiger partial charge in [-0.3, -0.25) is 9.97 Å². The number of halogens is 3. The second kappa shape index (κ2) is 7.16. The fourth-order valence-electron chi connectivity index (χ4n) is 2.19. The molecule has 0 saturated carbocycles. The van der Waals surface area contributed by atoms with Gasteiger partial charge in [-0.25, -0.2) is 9.18 Å². The molecular weight excluding hydrogens is 413 g/mol. The first kappa shape index (κ1) is 17.3. The summed E-state index contributed by atoms with van der Waals surface area (Å²) in [7, 11) is 0. The molecule has 0 aliphatic rings. The molecule has 2 N–H and O–H groups in total. The number of anilines is 2. The van der Waals surface area contributed by atoms with E-state index in [1.54, 1.807) is 6.07 Å². The normalized spacial score (nSPS) is 10.5. The Morgan fingerprint density at radius 1 is 1.20 bits per heavy atom. The maximum absolute atomic E-state index is 14.1. The molecule has 2 aromatic heterocycles. The lowest BCUT2D eigenvalue weighted by atomic mass is 10.1. The molecular formula is C17H10BrClFN3O2. The Morgan fingerprint density at radius 3 is 2.76 bits per heavy atom. The van der Waals surface area contributed by atoms with Crippen LogP contribution >= 0.6 is 27.5 Å². The third-order valence-electron chi connectivity index (χ3n) is 3.38. The summed E-state index contributed by atoms with van der Waals surface area (Å²) in [5, 5.41) is 12.6. The number of benzene rings is 1. The van der Waals surface area contributed by atoms with Gasteiger partial charge in [-0.15, -0.1) is 0 Å². The van der Waals surface area contributed by atoms with Crippen molar-refractivity contribution in [2.45, 2.75) is 0 Å². The molecule has 0 spiro atoms. The van der Waals surface area contributed by atoms with Crippen molar-refractivity contribution in [2.24, 2.45) is 0 Å². The van der Waals surface area contributed by atoms with E-state index in [1.165, 1.54) is 42.9 Å². The molecule has 8 heteroatoms. The number of aromatic nitrogens is 2. The van der Waals surface area contributed by atoms with E-state index >= 15 is 0 Å². The van der Waals surface area contributed by atoms with Gasteiger partial charge in [0.25, 0.3) is 0 Å². The number of aromatic carboxylic acids is 1. The Labute approximate surface area is 155 Å². The number of carboxylic acids is 1. The monoisotopic (exact) mass is 421 g/mol. The SMILES string of the molecule is O=C(O)c1cnccc1Nc1cc(-c2cc(Cl)ccc2F)ncc1Br. The van der Waals surface area contributed by atoms with Crippen molar-refractivity contribution in [2.75, 3.05) is 5.32 Å². The largest absolute Gasteiger partial charge is 0.478 e. The van der Waals surface area contributed by atoms with E-state index in [-0.39, 0.29) is 11.1 Å². The third-order valence-corrected chi connectivity index (χ3v) is 4.25. The number of hydrogen-bond donors (Lipinski definition) is 2. The Hall–Kier alpha value is -2.51. The highest BCUT2D eigenvalue weighted by atomic mass is 79.9. The van der Waals surface area contributed by atoms with Gasteiger partial charge < -0.3 is 10.4 Å². The van der Waals surface area contributed by atoms with Gasteiger partial charge in [0.2, 0.25) is 0 Å². The van der Waals surface area contributed by atoms with Gasteiger partial charge in [0.05, 0.1) is 21.5 Å². The van der Waals surface area contributed by atoms with E-state index in [0.29, 0.717) is 26.6 Å². The van der Waals surface area contributed by atoms with Crippen LogP contribution in [0.2, 0.25) is 5.02 Å². The van der Waals surface area contributed by atoms with Crippen LogP contribution in [-0.4, -0.2) is 21.0 Å². The zero-order valence-electron chi connectivity index (χ0n) is 12.5. The lowest BCUT2D eigenvalue weighted by molar-refractivity contribution is 0.0697. The van der Waals surface area contributed by atoms with Crippen LogP contribution < -0.4 is 5.32 Å². The fourth-order valence-corrected chi connectivity index (χ4v) is 2.68. The van der Waals surface area contributed by atoms with Gasteiger partial charge in [0, 0.05) is 29.2 Å². The highest BCUT2D eigenvalue weighted by molar-refractivity contribution is 9.10. The number of carbonyl (C=O) groups is 1. The highest BCUT2D eigenvalue weighted by Gasteiger charge is 2.14. The van der Waals surface area contributed by atoms with Crippen LogP contribution in [0.1, 0.15) is 10.4 Å². The summed E-state index contributed by atoms with van der Waals surface area (Å²) in [5.41, 5.74) is 1.50. The average Bonchev–Trinajstić information content (AvgIpc) is 2.59. The summed E-state index contributed by atoms with van der Waals surface area (Å²) in [6.45, 7) is 0. The first-order valence-corrected chi connectivity index (χ1v) is 8.18. The van der Waals surface area contributed by atoms with Crippen molar-refractivity contribution in [1.82, 2.24) is 9.97 Å².